The van der Waals surface area contributed by atoms with E-state index < -0.39 is 0 Å². The molecule has 2 aliphatic rings. The van der Waals surface area contributed by atoms with Crippen LogP contribution in [-0.2, 0) is 17.9 Å². The number of hydrogen-bond acceptors (Lipinski definition) is 4. The average Bonchev–Trinajstić information content (AvgIpc) is 3.19. The van der Waals surface area contributed by atoms with Gasteiger partial charge in [-0.25, -0.2) is 0 Å². The maximum atomic E-state index is 12.1. The van der Waals surface area contributed by atoms with E-state index in [1.165, 1.54) is 24.0 Å². The number of piperidine rings is 2. The van der Waals surface area contributed by atoms with E-state index in [4.69, 9.17) is 0 Å². The zero-order chi connectivity index (χ0) is 19.4. The molecule has 2 saturated heterocycles. The Balaban J connectivity index is 1.40. The van der Waals surface area contributed by atoms with Gasteiger partial charge in [-0.2, -0.15) is 5.10 Å². The molecular weight excluding hydrogens is 352 g/mol. The maximum absolute atomic E-state index is 12.1. The molecule has 1 spiro atoms. The summed E-state index contributed by atoms with van der Waals surface area (Å²) < 4.78 is 1.95. The van der Waals surface area contributed by atoms with Crippen LogP contribution in [0, 0.1) is 5.41 Å². The lowest BCUT2D eigenvalue weighted by Crippen LogP contribution is -2.54. The highest BCUT2D eigenvalue weighted by atomic mass is 16.3. The Labute approximate surface area is 166 Å². The largest absolute Gasteiger partial charge is 0.395 e. The van der Waals surface area contributed by atoms with Crippen LogP contribution in [0.5, 0.6) is 0 Å². The molecule has 28 heavy (non-hydrogen) atoms. The normalized spacial score (nSPS) is 23.5. The number of aliphatic hydroxyl groups is 1. The second kappa shape index (κ2) is 8.45. The summed E-state index contributed by atoms with van der Waals surface area (Å²) in [5.41, 5.74) is 2.79. The topological polar surface area (TPSA) is 61.6 Å². The molecule has 6 heteroatoms. The van der Waals surface area contributed by atoms with Crippen molar-refractivity contribution >= 4 is 5.91 Å². The molecule has 0 saturated carbocycles. The van der Waals surface area contributed by atoms with Crippen molar-refractivity contribution < 1.29 is 9.90 Å². The fourth-order valence-corrected chi connectivity index (χ4v) is 4.87. The molecule has 0 radical (unpaired) electrons. The molecule has 1 aromatic carbocycles. The van der Waals surface area contributed by atoms with E-state index in [1.807, 2.05) is 28.0 Å². The number of carbonyl (C=O) groups excluding carboxylic acids is 1. The molecule has 2 fully saturated rings. The maximum Gasteiger partial charge on any atom is 0.222 e. The number of carbonyl (C=O) groups is 1. The first-order valence-corrected chi connectivity index (χ1v) is 10.3. The molecule has 1 aromatic heterocycles. The third-order valence-electron chi connectivity index (χ3n) is 6.16. The highest BCUT2D eigenvalue weighted by molar-refractivity contribution is 5.77. The lowest BCUT2D eigenvalue weighted by atomic mass is 9.73. The zero-order valence-electron chi connectivity index (χ0n) is 16.5. The number of benzene rings is 1. The van der Waals surface area contributed by atoms with Crippen LogP contribution in [0.15, 0.2) is 42.7 Å². The van der Waals surface area contributed by atoms with E-state index in [1.54, 1.807) is 0 Å². The molecule has 0 bridgehead atoms. The molecule has 1 N–H and O–H groups in total. The smallest absolute Gasteiger partial charge is 0.222 e. The number of rotatable bonds is 6. The first-order valence-electron chi connectivity index (χ1n) is 10.3. The fourth-order valence-electron chi connectivity index (χ4n) is 4.87. The lowest BCUT2D eigenvalue weighted by molar-refractivity contribution is -0.140. The van der Waals surface area contributed by atoms with Crippen molar-refractivity contribution in [3.8, 4) is 0 Å². The van der Waals surface area contributed by atoms with Crippen LogP contribution in [-0.4, -0.2) is 63.4 Å². The molecule has 1 atom stereocenters. The van der Waals surface area contributed by atoms with Crippen LogP contribution < -0.4 is 0 Å². The third-order valence-corrected chi connectivity index (χ3v) is 6.16. The highest BCUT2D eigenvalue weighted by Crippen LogP contribution is 2.39. The van der Waals surface area contributed by atoms with Crippen LogP contribution >= 0.6 is 0 Å². The molecular formula is C22H30N4O2. The van der Waals surface area contributed by atoms with Crippen LogP contribution in [0.25, 0.3) is 0 Å². The molecule has 1 amide bonds. The van der Waals surface area contributed by atoms with Crippen molar-refractivity contribution in [3.63, 3.8) is 0 Å². The Morgan fingerprint density at radius 1 is 1.11 bits per heavy atom. The minimum Gasteiger partial charge on any atom is -0.395 e. The minimum atomic E-state index is 0.0502. The zero-order valence-corrected chi connectivity index (χ0v) is 16.5. The van der Waals surface area contributed by atoms with Crippen LogP contribution in [0.1, 0.15) is 36.8 Å². The van der Waals surface area contributed by atoms with E-state index >= 15 is 0 Å². The minimum absolute atomic E-state index is 0.0502. The molecule has 0 aliphatic carbocycles. The van der Waals surface area contributed by atoms with Crippen molar-refractivity contribution in [1.29, 1.82) is 0 Å². The summed E-state index contributed by atoms with van der Waals surface area (Å²) in [5, 5.41) is 13.6. The molecule has 150 valence electrons. The van der Waals surface area contributed by atoms with Crippen molar-refractivity contribution in [2.75, 3.05) is 32.8 Å². The summed E-state index contributed by atoms with van der Waals surface area (Å²) in [6.07, 6.45) is 7.75. The van der Waals surface area contributed by atoms with Gasteiger partial charge in [0.2, 0.25) is 5.91 Å². The van der Waals surface area contributed by atoms with E-state index in [-0.39, 0.29) is 17.9 Å². The summed E-state index contributed by atoms with van der Waals surface area (Å²) in [6.45, 7) is 5.20. The van der Waals surface area contributed by atoms with Gasteiger partial charge in [0, 0.05) is 50.4 Å². The first-order chi connectivity index (χ1) is 13.7. The second-order valence-electron chi connectivity index (χ2n) is 8.38. The van der Waals surface area contributed by atoms with Gasteiger partial charge in [0.1, 0.15) is 0 Å². The van der Waals surface area contributed by atoms with Crippen LogP contribution in [0.3, 0.4) is 0 Å². The van der Waals surface area contributed by atoms with Gasteiger partial charge >= 0.3 is 0 Å². The fraction of sp³-hybridized carbons (Fsp3) is 0.545. The summed E-state index contributed by atoms with van der Waals surface area (Å²) in [6, 6.07) is 10.7. The Hall–Kier alpha value is -2.18. The van der Waals surface area contributed by atoms with E-state index in [0.29, 0.717) is 13.0 Å². The number of likely N-dealkylation sites (tertiary alicyclic amines) is 2. The predicted molar refractivity (Wildman–Crippen MR) is 108 cm³/mol. The Morgan fingerprint density at radius 2 is 1.96 bits per heavy atom. The average molecular weight is 383 g/mol. The van der Waals surface area contributed by atoms with Gasteiger partial charge in [-0.1, -0.05) is 24.3 Å². The summed E-state index contributed by atoms with van der Waals surface area (Å²) in [7, 11) is 0. The van der Waals surface area contributed by atoms with Gasteiger partial charge in [0.25, 0.3) is 0 Å². The number of hydrogen-bond donors (Lipinski definition) is 1. The standard InChI is InChI=1S/C22H30N4O2/c27-13-12-25-18-22(8-6-21(25)28)7-2-10-24(17-22)15-19-4-1-5-20(14-19)16-26-11-3-9-23-26/h1,3-5,9,11,14,27H,2,6-8,10,12-13,15-18H2. The van der Waals surface area contributed by atoms with Crippen molar-refractivity contribution in [3.05, 3.63) is 53.9 Å². The number of aliphatic hydroxyl groups excluding tert-OH is 1. The van der Waals surface area contributed by atoms with Gasteiger partial charge in [-0.05, 0) is 43.0 Å². The van der Waals surface area contributed by atoms with Crippen molar-refractivity contribution in [2.24, 2.45) is 5.41 Å². The monoisotopic (exact) mass is 382 g/mol. The van der Waals surface area contributed by atoms with Gasteiger partial charge in [-0.15, -0.1) is 0 Å². The first kappa shape index (κ1) is 19.2. The lowest BCUT2D eigenvalue weighted by Gasteiger charge is -2.48. The molecule has 1 unspecified atom stereocenters. The Morgan fingerprint density at radius 3 is 2.75 bits per heavy atom. The summed E-state index contributed by atoms with van der Waals surface area (Å²) in [5.74, 6) is 0.197. The van der Waals surface area contributed by atoms with Gasteiger partial charge in [-0.3, -0.25) is 14.4 Å². The number of amides is 1. The Kier molecular flexibility index (Phi) is 5.78. The number of aromatic nitrogens is 2. The third kappa shape index (κ3) is 4.45. The molecule has 2 aromatic rings. The van der Waals surface area contributed by atoms with Crippen molar-refractivity contribution in [2.45, 2.75) is 38.8 Å². The highest BCUT2D eigenvalue weighted by Gasteiger charge is 2.41. The second-order valence-corrected chi connectivity index (χ2v) is 8.38. The molecule has 3 heterocycles. The van der Waals surface area contributed by atoms with Crippen LogP contribution in [0.2, 0.25) is 0 Å². The number of β-amino-alcohol motifs (C(OH)–C–C–N with tert-alkyl or cyclic N) is 1. The quantitative estimate of drug-likeness (QED) is 0.831. The van der Waals surface area contributed by atoms with E-state index in [2.05, 4.69) is 34.3 Å². The molecule has 2 aliphatic heterocycles. The summed E-state index contributed by atoms with van der Waals surface area (Å²) >= 11 is 0. The predicted octanol–water partition coefficient (Wildman–Crippen LogP) is 2.13. The van der Waals surface area contributed by atoms with Crippen LogP contribution in [0.4, 0.5) is 0 Å². The van der Waals surface area contributed by atoms with Gasteiger partial charge < -0.3 is 10.0 Å². The number of nitrogens with zero attached hydrogens (tertiary/aromatic N) is 4. The SMILES string of the molecule is O=C1CCC2(CCCN(Cc3cccc(Cn4cccn4)c3)C2)CN1CCO. The van der Waals surface area contributed by atoms with Crippen molar-refractivity contribution in [1.82, 2.24) is 19.6 Å². The van der Waals surface area contributed by atoms with Gasteiger partial charge in [0.05, 0.1) is 13.2 Å². The summed E-state index contributed by atoms with van der Waals surface area (Å²) in [4.78, 5) is 16.6. The molecule has 4 rings (SSSR count). The van der Waals surface area contributed by atoms with E-state index in [9.17, 15) is 9.90 Å². The Bertz CT molecular complexity index is 792. The molecule has 6 nitrogen and oxygen atoms in total. The van der Waals surface area contributed by atoms with E-state index in [0.717, 1.165) is 39.1 Å². The van der Waals surface area contributed by atoms with Gasteiger partial charge in [0.15, 0.2) is 0 Å².